The molecule has 0 aliphatic carbocycles. The quantitative estimate of drug-likeness (QED) is 0.431. The summed E-state index contributed by atoms with van der Waals surface area (Å²) < 4.78 is 5.74. The Hall–Kier alpha value is -3.07. The molecule has 6 heteroatoms. The predicted octanol–water partition coefficient (Wildman–Crippen LogP) is 5.20. The Morgan fingerprint density at radius 2 is 1.93 bits per heavy atom. The van der Waals surface area contributed by atoms with Crippen molar-refractivity contribution in [1.82, 2.24) is 5.32 Å². The molecule has 0 bridgehead atoms. The molecular formula is C22H17ClN2O2S. The Bertz CT molecular complexity index is 1010. The highest BCUT2D eigenvalue weighted by Gasteiger charge is 2.09. The molecule has 0 aliphatic rings. The van der Waals surface area contributed by atoms with Gasteiger partial charge in [0.05, 0.1) is 6.54 Å². The summed E-state index contributed by atoms with van der Waals surface area (Å²) in [5, 5.41) is 14.7. The molecule has 1 amide bonds. The van der Waals surface area contributed by atoms with Crippen LogP contribution in [-0.4, -0.2) is 5.91 Å². The van der Waals surface area contributed by atoms with E-state index in [1.54, 1.807) is 41.7 Å². The molecule has 3 aromatic rings. The van der Waals surface area contributed by atoms with Crippen LogP contribution in [0.2, 0.25) is 5.02 Å². The Morgan fingerprint density at radius 3 is 2.61 bits per heavy atom. The smallest absolute Gasteiger partial charge is 0.262 e. The fourth-order valence-corrected chi connectivity index (χ4v) is 3.26. The van der Waals surface area contributed by atoms with Gasteiger partial charge < -0.3 is 10.1 Å². The lowest BCUT2D eigenvalue weighted by atomic mass is 10.1. The van der Waals surface area contributed by atoms with Gasteiger partial charge in [0.1, 0.15) is 24.0 Å². The van der Waals surface area contributed by atoms with E-state index >= 15 is 0 Å². The Morgan fingerprint density at radius 1 is 1.14 bits per heavy atom. The highest BCUT2D eigenvalue weighted by Crippen LogP contribution is 2.20. The third-order valence-electron chi connectivity index (χ3n) is 3.91. The Kier molecular flexibility index (Phi) is 6.85. The zero-order chi connectivity index (χ0) is 19.8. The van der Waals surface area contributed by atoms with Crippen LogP contribution in [0, 0.1) is 11.3 Å². The van der Waals surface area contributed by atoms with Gasteiger partial charge in [-0.15, -0.1) is 11.3 Å². The fourth-order valence-electron chi connectivity index (χ4n) is 2.43. The molecule has 0 aliphatic heterocycles. The number of hydrogen-bond acceptors (Lipinski definition) is 4. The minimum absolute atomic E-state index is 0.0568. The summed E-state index contributed by atoms with van der Waals surface area (Å²) in [4.78, 5) is 13.2. The fraction of sp³-hybridized carbons (Fsp3) is 0.0909. The number of amides is 1. The van der Waals surface area contributed by atoms with Crippen LogP contribution >= 0.6 is 22.9 Å². The van der Waals surface area contributed by atoms with Crippen molar-refractivity contribution in [2.75, 3.05) is 0 Å². The highest BCUT2D eigenvalue weighted by atomic mass is 35.5. The molecule has 1 N–H and O–H groups in total. The van der Waals surface area contributed by atoms with Crippen molar-refractivity contribution in [1.29, 1.82) is 5.26 Å². The number of halogens is 1. The molecule has 0 saturated heterocycles. The molecule has 0 atom stereocenters. The number of benzene rings is 2. The molecule has 28 heavy (non-hydrogen) atoms. The van der Waals surface area contributed by atoms with Gasteiger partial charge in [-0.25, -0.2) is 0 Å². The number of nitriles is 1. The SMILES string of the molecule is N#CC(=Cc1ccc(OCc2ccccc2Cl)cc1)C(=O)NCc1cccs1. The molecule has 0 radical (unpaired) electrons. The summed E-state index contributed by atoms with van der Waals surface area (Å²) in [5.74, 6) is 0.285. The lowest BCUT2D eigenvalue weighted by molar-refractivity contribution is -0.117. The van der Waals surface area contributed by atoms with E-state index in [9.17, 15) is 10.1 Å². The number of rotatable bonds is 7. The van der Waals surface area contributed by atoms with Crippen molar-refractivity contribution in [2.45, 2.75) is 13.2 Å². The highest BCUT2D eigenvalue weighted by molar-refractivity contribution is 7.09. The van der Waals surface area contributed by atoms with Crippen molar-refractivity contribution in [2.24, 2.45) is 0 Å². The number of nitrogens with one attached hydrogen (secondary N) is 1. The molecular weight excluding hydrogens is 392 g/mol. The third-order valence-corrected chi connectivity index (χ3v) is 5.16. The maximum absolute atomic E-state index is 12.2. The summed E-state index contributed by atoms with van der Waals surface area (Å²) in [6.45, 7) is 0.772. The second-order valence-corrected chi connectivity index (χ2v) is 7.32. The summed E-state index contributed by atoms with van der Waals surface area (Å²) in [7, 11) is 0. The second-order valence-electron chi connectivity index (χ2n) is 5.88. The van der Waals surface area contributed by atoms with E-state index in [1.165, 1.54) is 0 Å². The van der Waals surface area contributed by atoms with Gasteiger partial charge in [-0.2, -0.15) is 5.26 Å². The molecule has 140 valence electrons. The van der Waals surface area contributed by atoms with Crippen molar-refractivity contribution in [3.63, 3.8) is 0 Å². The molecule has 0 saturated carbocycles. The average molecular weight is 409 g/mol. The molecule has 3 rings (SSSR count). The molecule has 4 nitrogen and oxygen atoms in total. The number of carbonyl (C=O) groups is 1. The van der Waals surface area contributed by atoms with Gasteiger partial charge in [0, 0.05) is 15.5 Å². The molecule has 0 unspecified atom stereocenters. The minimum Gasteiger partial charge on any atom is -0.489 e. The number of ether oxygens (including phenoxy) is 1. The first-order valence-electron chi connectivity index (χ1n) is 8.54. The Labute approximate surface area is 172 Å². The molecule has 2 aromatic carbocycles. The second kappa shape index (κ2) is 9.75. The van der Waals surface area contributed by atoms with Crippen LogP contribution in [0.15, 0.2) is 71.6 Å². The number of nitrogens with zero attached hydrogens (tertiary/aromatic N) is 1. The maximum Gasteiger partial charge on any atom is 0.262 e. The van der Waals surface area contributed by atoms with Gasteiger partial charge >= 0.3 is 0 Å². The van der Waals surface area contributed by atoms with Crippen LogP contribution in [0.25, 0.3) is 6.08 Å². The van der Waals surface area contributed by atoms with Crippen molar-refractivity contribution >= 4 is 34.9 Å². The number of carbonyl (C=O) groups excluding carboxylic acids is 1. The average Bonchev–Trinajstić information content (AvgIpc) is 3.24. The summed E-state index contributed by atoms with van der Waals surface area (Å²) >= 11 is 7.68. The van der Waals surface area contributed by atoms with E-state index in [4.69, 9.17) is 16.3 Å². The van der Waals surface area contributed by atoms with Crippen LogP contribution in [0.4, 0.5) is 0 Å². The van der Waals surface area contributed by atoms with Crippen molar-refractivity contribution < 1.29 is 9.53 Å². The zero-order valence-corrected chi connectivity index (χ0v) is 16.5. The van der Waals surface area contributed by atoms with E-state index < -0.39 is 5.91 Å². The monoisotopic (exact) mass is 408 g/mol. The first-order valence-corrected chi connectivity index (χ1v) is 9.80. The van der Waals surface area contributed by atoms with Crippen LogP contribution in [0.5, 0.6) is 5.75 Å². The van der Waals surface area contributed by atoms with E-state index in [0.717, 1.165) is 16.0 Å². The van der Waals surface area contributed by atoms with E-state index in [2.05, 4.69) is 5.32 Å². The summed E-state index contributed by atoms with van der Waals surface area (Å²) in [6.07, 6.45) is 1.56. The third kappa shape index (κ3) is 5.46. The molecule has 1 heterocycles. The van der Waals surface area contributed by atoms with Gasteiger partial charge in [-0.1, -0.05) is 48.0 Å². The minimum atomic E-state index is -0.394. The van der Waals surface area contributed by atoms with E-state index in [1.807, 2.05) is 47.8 Å². The van der Waals surface area contributed by atoms with Crippen LogP contribution in [-0.2, 0) is 17.9 Å². The van der Waals surface area contributed by atoms with Crippen LogP contribution < -0.4 is 10.1 Å². The number of hydrogen-bond donors (Lipinski definition) is 1. The van der Waals surface area contributed by atoms with Gasteiger partial charge in [0.15, 0.2) is 0 Å². The molecule has 1 aromatic heterocycles. The normalized spacial score (nSPS) is 10.9. The van der Waals surface area contributed by atoms with Gasteiger partial charge in [-0.05, 0) is 41.3 Å². The van der Waals surface area contributed by atoms with E-state index in [0.29, 0.717) is 23.9 Å². The summed E-state index contributed by atoms with van der Waals surface area (Å²) in [6, 6.07) is 20.5. The molecule has 0 fully saturated rings. The summed E-state index contributed by atoms with van der Waals surface area (Å²) in [5.41, 5.74) is 1.71. The van der Waals surface area contributed by atoms with Gasteiger partial charge in [-0.3, -0.25) is 4.79 Å². The van der Waals surface area contributed by atoms with Crippen LogP contribution in [0.3, 0.4) is 0 Å². The first kappa shape index (κ1) is 19.7. The maximum atomic E-state index is 12.2. The van der Waals surface area contributed by atoms with Crippen molar-refractivity contribution in [3.8, 4) is 11.8 Å². The topological polar surface area (TPSA) is 62.1 Å². The molecule has 0 spiro atoms. The standard InChI is InChI=1S/C22H17ClN2O2S/c23-21-6-2-1-4-17(21)15-27-19-9-7-16(8-10-19)12-18(13-24)22(26)25-14-20-5-3-11-28-20/h1-12H,14-15H2,(H,25,26). The van der Waals surface area contributed by atoms with E-state index in [-0.39, 0.29) is 5.57 Å². The van der Waals surface area contributed by atoms with Gasteiger partial charge in [0.2, 0.25) is 0 Å². The van der Waals surface area contributed by atoms with Crippen LogP contribution in [0.1, 0.15) is 16.0 Å². The Balaban J connectivity index is 1.60. The predicted molar refractivity (Wildman–Crippen MR) is 112 cm³/mol. The van der Waals surface area contributed by atoms with Crippen molar-refractivity contribution in [3.05, 3.63) is 92.6 Å². The lowest BCUT2D eigenvalue weighted by Gasteiger charge is -2.08. The largest absolute Gasteiger partial charge is 0.489 e. The first-order chi connectivity index (χ1) is 13.7. The lowest BCUT2D eigenvalue weighted by Crippen LogP contribution is -2.23. The van der Waals surface area contributed by atoms with Gasteiger partial charge in [0.25, 0.3) is 5.91 Å². The zero-order valence-electron chi connectivity index (χ0n) is 14.9. The number of thiophene rings is 1.